The minimum absolute atomic E-state index is 0.0455. The van der Waals surface area contributed by atoms with Crippen molar-refractivity contribution in [2.45, 2.75) is 11.1 Å². The Hall–Kier alpha value is -0.970. The zero-order chi connectivity index (χ0) is 10.8. The molecule has 1 nitrogen and oxygen atoms in total. The van der Waals surface area contributed by atoms with Crippen LogP contribution in [0.25, 0.3) is 0 Å². The van der Waals surface area contributed by atoms with Crippen molar-refractivity contribution in [2.24, 2.45) is 0 Å². The molecule has 0 atom stereocenters. The van der Waals surface area contributed by atoms with Crippen molar-refractivity contribution >= 4 is 18.0 Å². The SMILES string of the molecule is CSc1cc(C=O)cc(C(F)(F)F)c1. The van der Waals surface area contributed by atoms with Gasteiger partial charge in [0, 0.05) is 10.5 Å². The Morgan fingerprint density at radius 3 is 2.36 bits per heavy atom. The number of thioether (sulfide) groups is 1. The van der Waals surface area contributed by atoms with E-state index < -0.39 is 11.7 Å². The molecule has 1 aromatic rings. The highest BCUT2D eigenvalue weighted by atomic mass is 32.2. The van der Waals surface area contributed by atoms with E-state index in [4.69, 9.17) is 0 Å². The molecule has 0 heterocycles. The first-order chi connectivity index (χ1) is 6.47. The molecule has 76 valence electrons. The van der Waals surface area contributed by atoms with Crippen LogP contribution in [0.15, 0.2) is 23.1 Å². The maximum absolute atomic E-state index is 12.3. The van der Waals surface area contributed by atoms with Crippen LogP contribution < -0.4 is 0 Å². The van der Waals surface area contributed by atoms with Crippen LogP contribution in [-0.4, -0.2) is 12.5 Å². The first-order valence-electron chi connectivity index (χ1n) is 3.69. The number of halogens is 3. The second-order valence-corrected chi connectivity index (χ2v) is 3.49. The molecule has 0 aliphatic heterocycles. The number of benzene rings is 1. The van der Waals surface area contributed by atoms with E-state index in [1.807, 2.05) is 0 Å². The molecule has 0 aromatic heterocycles. The van der Waals surface area contributed by atoms with Gasteiger partial charge in [0.25, 0.3) is 0 Å². The lowest BCUT2D eigenvalue weighted by Crippen LogP contribution is -2.05. The van der Waals surface area contributed by atoms with Gasteiger partial charge in [-0.2, -0.15) is 13.2 Å². The molecule has 0 saturated carbocycles. The average molecular weight is 220 g/mol. The maximum Gasteiger partial charge on any atom is 0.416 e. The Bertz CT molecular complexity index is 346. The molecule has 0 radical (unpaired) electrons. The van der Waals surface area contributed by atoms with Crippen molar-refractivity contribution in [3.05, 3.63) is 29.3 Å². The maximum atomic E-state index is 12.3. The quantitative estimate of drug-likeness (QED) is 0.562. The monoisotopic (exact) mass is 220 g/mol. The van der Waals surface area contributed by atoms with Gasteiger partial charge >= 0.3 is 6.18 Å². The third kappa shape index (κ3) is 2.51. The van der Waals surface area contributed by atoms with Gasteiger partial charge in [-0.25, -0.2) is 0 Å². The summed E-state index contributed by atoms with van der Waals surface area (Å²) in [6.07, 6.45) is -2.33. The summed E-state index contributed by atoms with van der Waals surface area (Å²) in [5.41, 5.74) is -0.740. The van der Waals surface area contributed by atoms with Crippen molar-refractivity contribution in [3.8, 4) is 0 Å². The topological polar surface area (TPSA) is 17.1 Å². The first kappa shape index (κ1) is 11.1. The minimum Gasteiger partial charge on any atom is -0.298 e. The van der Waals surface area contributed by atoms with Gasteiger partial charge in [0.2, 0.25) is 0 Å². The lowest BCUT2D eigenvalue weighted by atomic mass is 10.1. The van der Waals surface area contributed by atoms with E-state index in [1.165, 1.54) is 17.8 Å². The number of aldehydes is 1. The van der Waals surface area contributed by atoms with Crippen molar-refractivity contribution in [3.63, 3.8) is 0 Å². The van der Waals surface area contributed by atoms with Gasteiger partial charge in [0.05, 0.1) is 5.56 Å². The molecule has 0 bridgehead atoms. The number of hydrogen-bond donors (Lipinski definition) is 0. The summed E-state index contributed by atoms with van der Waals surface area (Å²) in [7, 11) is 0. The summed E-state index contributed by atoms with van der Waals surface area (Å²) >= 11 is 1.17. The van der Waals surface area contributed by atoms with Crippen LogP contribution >= 0.6 is 11.8 Å². The fraction of sp³-hybridized carbons (Fsp3) is 0.222. The lowest BCUT2D eigenvalue weighted by molar-refractivity contribution is -0.137. The van der Waals surface area contributed by atoms with Gasteiger partial charge in [-0.1, -0.05) is 0 Å². The van der Waals surface area contributed by atoms with E-state index in [0.717, 1.165) is 12.1 Å². The predicted octanol–water partition coefficient (Wildman–Crippen LogP) is 3.24. The number of alkyl halides is 3. The van der Waals surface area contributed by atoms with Gasteiger partial charge in [-0.15, -0.1) is 11.8 Å². The second-order valence-electron chi connectivity index (χ2n) is 2.61. The molecule has 14 heavy (non-hydrogen) atoms. The number of hydrogen-bond acceptors (Lipinski definition) is 2. The Morgan fingerprint density at radius 2 is 1.93 bits per heavy atom. The summed E-state index contributed by atoms with van der Waals surface area (Å²) in [6.45, 7) is 0. The van der Waals surface area contributed by atoms with E-state index in [-0.39, 0.29) is 5.56 Å². The van der Waals surface area contributed by atoms with Crippen molar-refractivity contribution in [1.82, 2.24) is 0 Å². The molecule has 1 rings (SSSR count). The molecular weight excluding hydrogens is 213 g/mol. The van der Waals surface area contributed by atoms with Crippen LogP contribution in [0.1, 0.15) is 15.9 Å². The van der Waals surface area contributed by atoms with Crippen LogP contribution in [-0.2, 0) is 6.18 Å². The first-order valence-corrected chi connectivity index (χ1v) is 4.91. The molecular formula is C9H7F3OS. The fourth-order valence-corrected chi connectivity index (χ4v) is 1.47. The molecule has 0 fully saturated rings. The number of rotatable bonds is 2. The van der Waals surface area contributed by atoms with Gasteiger partial charge in [0.1, 0.15) is 6.29 Å². The van der Waals surface area contributed by atoms with Crippen molar-refractivity contribution in [1.29, 1.82) is 0 Å². The van der Waals surface area contributed by atoms with E-state index in [1.54, 1.807) is 6.26 Å². The molecule has 0 spiro atoms. The number of carbonyl (C=O) groups excluding carboxylic acids is 1. The molecule has 1 aromatic carbocycles. The normalized spacial score (nSPS) is 11.4. The van der Waals surface area contributed by atoms with Crippen LogP contribution in [0.2, 0.25) is 0 Å². The summed E-state index contributed by atoms with van der Waals surface area (Å²) in [5, 5.41) is 0. The fourth-order valence-electron chi connectivity index (χ4n) is 0.972. The Labute approximate surface area is 83.3 Å². The third-order valence-corrected chi connectivity index (χ3v) is 2.34. The Kier molecular flexibility index (Phi) is 3.21. The van der Waals surface area contributed by atoms with Crippen molar-refractivity contribution < 1.29 is 18.0 Å². The highest BCUT2D eigenvalue weighted by molar-refractivity contribution is 7.98. The second kappa shape index (κ2) is 4.04. The summed E-state index contributed by atoms with van der Waals surface area (Å²) in [4.78, 5) is 10.8. The summed E-state index contributed by atoms with van der Waals surface area (Å²) in [6, 6.07) is 3.29. The third-order valence-electron chi connectivity index (χ3n) is 1.63. The summed E-state index contributed by atoms with van der Waals surface area (Å²) < 4.78 is 36.9. The lowest BCUT2D eigenvalue weighted by Gasteiger charge is -2.08. The molecule has 5 heteroatoms. The molecule has 0 aliphatic carbocycles. The molecule has 0 aliphatic rings. The average Bonchev–Trinajstić information content (AvgIpc) is 2.15. The smallest absolute Gasteiger partial charge is 0.298 e. The molecule has 0 unspecified atom stereocenters. The zero-order valence-corrected chi connectivity index (χ0v) is 8.08. The predicted molar refractivity (Wildman–Crippen MR) is 48.6 cm³/mol. The van der Waals surface area contributed by atoms with Crippen LogP contribution in [0, 0.1) is 0 Å². The van der Waals surface area contributed by atoms with Gasteiger partial charge in [-0.3, -0.25) is 4.79 Å². The highest BCUT2D eigenvalue weighted by Gasteiger charge is 2.31. The molecule has 0 N–H and O–H groups in total. The Morgan fingerprint density at radius 1 is 1.29 bits per heavy atom. The van der Waals surface area contributed by atoms with Gasteiger partial charge < -0.3 is 0 Å². The molecule has 0 amide bonds. The van der Waals surface area contributed by atoms with Crippen LogP contribution in [0.3, 0.4) is 0 Å². The largest absolute Gasteiger partial charge is 0.416 e. The zero-order valence-electron chi connectivity index (χ0n) is 7.26. The van der Waals surface area contributed by atoms with E-state index in [9.17, 15) is 18.0 Å². The van der Waals surface area contributed by atoms with E-state index in [2.05, 4.69) is 0 Å². The van der Waals surface area contributed by atoms with Gasteiger partial charge in [0.15, 0.2) is 0 Å². The summed E-state index contributed by atoms with van der Waals surface area (Å²) in [5.74, 6) is 0. The minimum atomic E-state index is -4.40. The van der Waals surface area contributed by atoms with Crippen molar-refractivity contribution in [2.75, 3.05) is 6.26 Å². The van der Waals surface area contributed by atoms with Crippen LogP contribution in [0.4, 0.5) is 13.2 Å². The highest BCUT2D eigenvalue weighted by Crippen LogP contribution is 2.32. The standard InChI is InChI=1S/C9H7F3OS/c1-14-8-3-6(5-13)2-7(4-8)9(10,11)12/h2-5H,1H3. The number of carbonyl (C=O) groups is 1. The molecule has 0 saturated heterocycles. The van der Waals surface area contributed by atoms with E-state index in [0.29, 0.717) is 11.2 Å². The van der Waals surface area contributed by atoms with Crippen LogP contribution in [0.5, 0.6) is 0 Å². The Balaban J connectivity index is 3.24. The van der Waals surface area contributed by atoms with Gasteiger partial charge in [-0.05, 0) is 24.5 Å². The van der Waals surface area contributed by atoms with E-state index >= 15 is 0 Å².